The first-order valence-corrected chi connectivity index (χ1v) is 27.0. The maximum absolute atomic E-state index is 15.2. The van der Waals surface area contributed by atoms with Gasteiger partial charge < -0.3 is 22.8 Å². The van der Waals surface area contributed by atoms with Crippen molar-refractivity contribution < 1.29 is 27.5 Å². The Kier molecular flexibility index (Phi) is 11.5. The molecule has 1 unspecified atom stereocenters. The van der Waals surface area contributed by atoms with Crippen LogP contribution < -0.4 is 0 Å². The van der Waals surface area contributed by atoms with Crippen molar-refractivity contribution in [3.8, 4) is 0 Å². The molecule has 0 spiro atoms. The van der Waals surface area contributed by atoms with E-state index in [0.29, 0.717) is 6.42 Å². The maximum atomic E-state index is 15.2. The molecule has 0 radical (unpaired) electrons. The van der Waals surface area contributed by atoms with Crippen LogP contribution in [0.15, 0.2) is 30.4 Å². The topological polar surface area (TPSA) is 63.2 Å². The molecule has 272 valence electrons. The third-order valence-corrected chi connectivity index (χ3v) is 26.3. The first-order valence-electron chi connectivity index (χ1n) is 18.7. The van der Waals surface area contributed by atoms with Gasteiger partial charge in [0.25, 0.3) is 0 Å². The highest BCUT2D eigenvalue weighted by atomic mass is 28.4. The number of ether oxygens (including phenoxy) is 2. The van der Waals surface area contributed by atoms with Crippen LogP contribution in [0.25, 0.3) is 0 Å². The first kappa shape index (κ1) is 39.9. The molecule has 4 rings (SSSR count). The van der Waals surface area contributed by atoms with Gasteiger partial charge in [-0.3, -0.25) is 4.79 Å². The van der Waals surface area contributed by atoms with Crippen LogP contribution in [0, 0.1) is 5.92 Å². The van der Waals surface area contributed by atoms with Gasteiger partial charge >= 0.3 is 0 Å². The fourth-order valence-corrected chi connectivity index (χ4v) is 12.8. The van der Waals surface area contributed by atoms with Gasteiger partial charge in [0.2, 0.25) is 0 Å². The van der Waals surface area contributed by atoms with E-state index in [9.17, 15) is 0 Å². The van der Waals surface area contributed by atoms with Crippen molar-refractivity contribution in [1.29, 1.82) is 0 Å². The zero-order valence-corrected chi connectivity index (χ0v) is 36.1. The standard InChI is InChI=1S/C39H68O6Si3/c1-17-48(18-2,19-3)44-32-25-30(26(4)34-36(32)42-39(11,12)41-34)35(45-47(15,16)38(8,9)10)33(40)29-22-20-21-28-27(29)23-24-31(28)43-46(13,14)37(5,6)7/h20-22,30-32,34-36H,4,17-19,23-25H2,1-3,5-16H3/t30-,31?,32-,34+,35-,36-/m1/s1. The van der Waals surface area contributed by atoms with E-state index in [1.807, 2.05) is 26.0 Å². The van der Waals surface area contributed by atoms with Gasteiger partial charge in [-0.05, 0) is 104 Å². The zero-order valence-electron chi connectivity index (χ0n) is 33.1. The second-order valence-corrected chi connectivity index (χ2v) is 32.5. The van der Waals surface area contributed by atoms with Crippen molar-refractivity contribution in [1.82, 2.24) is 0 Å². The van der Waals surface area contributed by atoms with Gasteiger partial charge in [0.1, 0.15) is 18.3 Å². The summed E-state index contributed by atoms with van der Waals surface area (Å²) in [5.41, 5.74) is 3.96. The molecule has 0 aromatic heterocycles. The fraction of sp³-hybridized carbons (Fsp3) is 0.769. The van der Waals surface area contributed by atoms with Crippen molar-refractivity contribution in [2.24, 2.45) is 5.92 Å². The molecule has 0 bridgehead atoms. The van der Waals surface area contributed by atoms with Gasteiger partial charge in [0.05, 0.1) is 12.2 Å². The summed E-state index contributed by atoms with van der Waals surface area (Å²) in [6.07, 6.45) is 0.874. The predicted octanol–water partition coefficient (Wildman–Crippen LogP) is 10.8. The molecular formula is C39H68O6Si3. The Morgan fingerprint density at radius 3 is 2.06 bits per heavy atom. The number of hydrogen-bond donors (Lipinski definition) is 0. The first-order chi connectivity index (χ1) is 21.9. The number of carbonyl (C=O) groups is 1. The second-order valence-electron chi connectivity index (χ2n) is 18.3. The Hall–Kier alpha value is -0.919. The Bertz CT molecular complexity index is 1330. The van der Waals surface area contributed by atoms with Gasteiger partial charge in [0, 0.05) is 11.5 Å². The SMILES string of the molecule is C=C1[C@H]([C@@H](O[Si](C)(C)C(C)(C)C)C(=O)c2cccc3c2CCC3O[Si](C)(C)C(C)(C)C)C[C@@H](O[Si](CC)(CC)CC)[C@H]2OC(C)(C)O[C@@H]12. The third-order valence-electron chi connectivity index (χ3n) is 12.7. The summed E-state index contributed by atoms with van der Waals surface area (Å²) >= 11 is 0. The molecule has 1 saturated heterocycles. The molecule has 1 aromatic rings. The highest BCUT2D eigenvalue weighted by Crippen LogP contribution is 2.49. The predicted molar refractivity (Wildman–Crippen MR) is 205 cm³/mol. The minimum atomic E-state index is -2.41. The van der Waals surface area contributed by atoms with Crippen molar-refractivity contribution >= 4 is 30.7 Å². The lowest BCUT2D eigenvalue weighted by Gasteiger charge is -2.47. The van der Waals surface area contributed by atoms with E-state index < -0.39 is 36.8 Å². The van der Waals surface area contributed by atoms with Crippen molar-refractivity contribution in [3.63, 3.8) is 0 Å². The van der Waals surface area contributed by atoms with Gasteiger partial charge in [-0.25, -0.2) is 0 Å². The number of rotatable bonds is 12. The van der Waals surface area contributed by atoms with E-state index in [1.165, 1.54) is 5.56 Å². The molecule has 1 heterocycles. The average Bonchev–Trinajstić information content (AvgIpc) is 3.54. The second kappa shape index (κ2) is 13.9. The molecule has 3 aliphatic rings. The molecule has 9 heteroatoms. The quantitative estimate of drug-likeness (QED) is 0.122. The van der Waals surface area contributed by atoms with E-state index in [-0.39, 0.29) is 46.2 Å². The summed E-state index contributed by atoms with van der Waals surface area (Å²) in [5, 5.41) is 0.0296. The number of ketones is 1. The maximum Gasteiger partial charge on any atom is 0.193 e. The summed E-state index contributed by atoms with van der Waals surface area (Å²) in [4.78, 5) is 15.2. The Balaban J connectivity index is 1.79. The molecule has 0 amide bonds. The number of Topliss-reactive ketones (excluding diaryl/α,β-unsaturated/α-hetero) is 1. The van der Waals surface area contributed by atoms with Gasteiger partial charge in [-0.2, -0.15) is 0 Å². The van der Waals surface area contributed by atoms with Crippen molar-refractivity contribution in [2.45, 2.75) is 186 Å². The van der Waals surface area contributed by atoms with Crippen molar-refractivity contribution in [3.05, 3.63) is 47.0 Å². The van der Waals surface area contributed by atoms with Crippen LogP contribution in [-0.2, 0) is 29.2 Å². The summed E-state index contributed by atoms with van der Waals surface area (Å²) in [6, 6.07) is 9.36. The monoisotopic (exact) mass is 716 g/mol. The van der Waals surface area contributed by atoms with E-state index in [4.69, 9.17) is 22.8 Å². The van der Waals surface area contributed by atoms with Crippen LogP contribution in [0.5, 0.6) is 0 Å². The van der Waals surface area contributed by atoms with Gasteiger partial charge in [-0.15, -0.1) is 0 Å². The van der Waals surface area contributed by atoms with E-state index >= 15 is 4.79 Å². The number of carbonyl (C=O) groups excluding carboxylic acids is 1. The molecule has 48 heavy (non-hydrogen) atoms. The van der Waals surface area contributed by atoms with Crippen LogP contribution in [0.1, 0.15) is 117 Å². The zero-order chi connectivity index (χ0) is 36.3. The minimum Gasteiger partial charge on any atom is -0.411 e. The van der Waals surface area contributed by atoms with Crippen LogP contribution in [-0.4, -0.2) is 60.9 Å². The van der Waals surface area contributed by atoms with Crippen LogP contribution in [0.3, 0.4) is 0 Å². The highest BCUT2D eigenvalue weighted by molar-refractivity contribution is 6.75. The molecule has 1 aliphatic heterocycles. The number of fused-ring (bicyclic) bond motifs is 2. The third kappa shape index (κ3) is 7.78. The molecule has 1 saturated carbocycles. The Labute approximate surface area is 296 Å². The van der Waals surface area contributed by atoms with E-state index in [2.05, 4.69) is 101 Å². The van der Waals surface area contributed by atoms with Crippen LogP contribution >= 0.6 is 0 Å². The Morgan fingerprint density at radius 1 is 0.938 bits per heavy atom. The minimum absolute atomic E-state index is 0.0121. The molecule has 6 atom stereocenters. The average molecular weight is 717 g/mol. The summed E-state index contributed by atoms with van der Waals surface area (Å²) in [6.45, 7) is 38.1. The lowest BCUT2D eigenvalue weighted by molar-refractivity contribution is -0.151. The largest absolute Gasteiger partial charge is 0.411 e. The smallest absolute Gasteiger partial charge is 0.193 e. The lowest BCUT2D eigenvalue weighted by atomic mass is 9.75. The van der Waals surface area contributed by atoms with Crippen LogP contribution in [0.4, 0.5) is 0 Å². The summed E-state index contributed by atoms with van der Waals surface area (Å²) in [5.74, 6) is -0.969. The molecule has 6 nitrogen and oxygen atoms in total. The van der Waals surface area contributed by atoms with Gasteiger partial charge in [0.15, 0.2) is 36.5 Å². The molecule has 0 N–H and O–H groups in total. The lowest BCUT2D eigenvalue weighted by Crippen LogP contribution is -2.56. The Morgan fingerprint density at radius 2 is 1.52 bits per heavy atom. The molecular weight excluding hydrogens is 649 g/mol. The van der Waals surface area contributed by atoms with Gasteiger partial charge in [-0.1, -0.05) is 87.1 Å². The fourth-order valence-electron chi connectivity index (χ4n) is 7.32. The molecule has 2 aliphatic carbocycles. The normalized spacial score (nSPS) is 27.1. The molecule has 1 aromatic carbocycles. The summed E-state index contributed by atoms with van der Waals surface area (Å²) < 4.78 is 34.6. The summed E-state index contributed by atoms with van der Waals surface area (Å²) in [7, 11) is -6.43. The van der Waals surface area contributed by atoms with Crippen molar-refractivity contribution in [2.75, 3.05) is 0 Å². The molecule has 2 fully saturated rings. The van der Waals surface area contributed by atoms with Crippen LogP contribution in [0.2, 0.25) is 54.4 Å². The van der Waals surface area contributed by atoms with E-state index in [1.54, 1.807) is 0 Å². The number of benzene rings is 1. The number of hydrogen-bond acceptors (Lipinski definition) is 6. The van der Waals surface area contributed by atoms with E-state index in [0.717, 1.165) is 47.7 Å². The highest BCUT2D eigenvalue weighted by Gasteiger charge is 2.56.